The second kappa shape index (κ2) is 6.63. The Balaban J connectivity index is 1.94. The topological polar surface area (TPSA) is 41.1 Å². The van der Waals surface area contributed by atoms with E-state index in [0.717, 1.165) is 31.1 Å². The van der Waals surface area contributed by atoms with Gasteiger partial charge in [-0.25, -0.2) is 9.97 Å². The normalized spacial score (nSPS) is 25.5. The number of anilines is 2. The number of fused-ring (bicyclic) bond motifs is 1. The van der Waals surface area contributed by atoms with Crippen LogP contribution in [-0.2, 0) is 6.42 Å². The van der Waals surface area contributed by atoms with E-state index in [9.17, 15) is 0 Å². The number of nitrogens with zero attached hydrogens (tertiary/aromatic N) is 3. The molecular formula is C17H28N4. The second-order valence-electron chi connectivity index (χ2n) is 6.47. The Morgan fingerprint density at radius 2 is 2.00 bits per heavy atom. The van der Waals surface area contributed by atoms with E-state index >= 15 is 0 Å². The lowest BCUT2D eigenvalue weighted by molar-refractivity contribution is 0.242. The third kappa shape index (κ3) is 2.85. The van der Waals surface area contributed by atoms with E-state index in [1.807, 2.05) is 7.05 Å². The maximum atomic E-state index is 4.70. The lowest BCUT2D eigenvalue weighted by Gasteiger charge is -2.45. The average Bonchev–Trinajstić information content (AvgIpc) is 2.55. The molecule has 2 fully saturated rings. The van der Waals surface area contributed by atoms with E-state index in [4.69, 9.17) is 4.98 Å². The Hall–Kier alpha value is -1.32. The summed E-state index contributed by atoms with van der Waals surface area (Å²) in [7, 11) is 1.96. The molecule has 0 amide bonds. The van der Waals surface area contributed by atoms with E-state index < -0.39 is 0 Å². The summed E-state index contributed by atoms with van der Waals surface area (Å²) in [6.07, 6.45) is 12.2. The van der Waals surface area contributed by atoms with Crippen LogP contribution in [0.2, 0.25) is 0 Å². The number of hydrogen-bond donors (Lipinski definition) is 1. The largest absolute Gasteiger partial charge is 0.373 e. The predicted molar refractivity (Wildman–Crippen MR) is 87.9 cm³/mol. The molecule has 1 aromatic heterocycles. The first-order valence-corrected chi connectivity index (χ1v) is 8.63. The third-order valence-corrected chi connectivity index (χ3v) is 5.17. The van der Waals surface area contributed by atoms with Crippen LogP contribution in [0.4, 0.5) is 11.6 Å². The van der Waals surface area contributed by atoms with Crippen LogP contribution >= 0.6 is 0 Å². The molecule has 1 aliphatic heterocycles. The summed E-state index contributed by atoms with van der Waals surface area (Å²) in [4.78, 5) is 11.7. The van der Waals surface area contributed by atoms with Gasteiger partial charge in [0.15, 0.2) is 0 Å². The Morgan fingerprint density at radius 3 is 2.81 bits per heavy atom. The van der Waals surface area contributed by atoms with Crippen molar-refractivity contribution in [2.75, 3.05) is 23.8 Å². The predicted octanol–water partition coefficient (Wildman–Crippen LogP) is 3.63. The van der Waals surface area contributed by atoms with Gasteiger partial charge in [0.1, 0.15) is 18.0 Å². The van der Waals surface area contributed by atoms with Gasteiger partial charge in [-0.2, -0.15) is 0 Å². The van der Waals surface area contributed by atoms with Gasteiger partial charge < -0.3 is 10.2 Å². The molecule has 0 bridgehead atoms. The molecule has 4 heteroatoms. The first-order valence-electron chi connectivity index (χ1n) is 8.63. The molecule has 1 aliphatic carbocycles. The van der Waals surface area contributed by atoms with Crippen LogP contribution in [0.15, 0.2) is 6.33 Å². The molecule has 0 aromatic carbocycles. The summed E-state index contributed by atoms with van der Waals surface area (Å²) in [5.41, 5.74) is 1.31. The van der Waals surface area contributed by atoms with Crippen molar-refractivity contribution in [1.82, 2.24) is 9.97 Å². The SMILES string of the molecule is CCCc1c(NC)ncnc1N1CCCC2CCCCC21. The van der Waals surface area contributed by atoms with Gasteiger partial charge in [0.2, 0.25) is 0 Å². The van der Waals surface area contributed by atoms with Crippen LogP contribution in [-0.4, -0.2) is 29.6 Å². The fourth-order valence-electron chi connectivity index (χ4n) is 4.23. The van der Waals surface area contributed by atoms with Crippen LogP contribution in [0.5, 0.6) is 0 Å². The van der Waals surface area contributed by atoms with Crippen LogP contribution in [0.25, 0.3) is 0 Å². The molecule has 0 radical (unpaired) electrons. The molecule has 2 atom stereocenters. The molecule has 2 unspecified atom stereocenters. The van der Waals surface area contributed by atoms with Gasteiger partial charge in [-0.05, 0) is 38.0 Å². The Bertz CT molecular complexity index is 472. The molecule has 2 aliphatic rings. The summed E-state index contributed by atoms with van der Waals surface area (Å²) in [6, 6.07) is 0.711. The van der Waals surface area contributed by atoms with Crippen molar-refractivity contribution in [3.05, 3.63) is 11.9 Å². The molecule has 2 heterocycles. The number of piperidine rings is 1. The van der Waals surface area contributed by atoms with E-state index in [1.54, 1.807) is 6.33 Å². The third-order valence-electron chi connectivity index (χ3n) is 5.17. The highest BCUT2D eigenvalue weighted by Crippen LogP contribution is 2.39. The molecule has 1 saturated heterocycles. The van der Waals surface area contributed by atoms with Crippen molar-refractivity contribution in [1.29, 1.82) is 0 Å². The molecular weight excluding hydrogens is 260 g/mol. The number of aromatic nitrogens is 2. The van der Waals surface area contributed by atoms with Crippen molar-refractivity contribution >= 4 is 11.6 Å². The van der Waals surface area contributed by atoms with Crippen molar-refractivity contribution in [2.24, 2.45) is 5.92 Å². The summed E-state index contributed by atoms with van der Waals surface area (Å²) in [5.74, 6) is 3.10. The summed E-state index contributed by atoms with van der Waals surface area (Å²) >= 11 is 0. The van der Waals surface area contributed by atoms with Crippen LogP contribution in [0.3, 0.4) is 0 Å². The zero-order valence-corrected chi connectivity index (χ0v) is 13.4. The molecule has 1 saturated carbocycles. The number of hydrogen-bond acceptors (Lipinski definition) is 4. The highest BCUT2D eigenvalue weighted by molar-refractivity contribution is 5.59. The Kier molecular flexibility index (Phi) is 4.61. The minimum Gasteiger partial charge on any atom is -0.373 e. The lowest BCUT2D eigenvalue weighted by atomic mass is 9.78. The molecule has 3 rings (SSSR count). The van der Waals surface area contributed by atoms with Crippen molar-refractivity contribution in [3.8, 4) is 0 Å². The van der Waals surface area contributed by atoms with Gasteiger partial charge in [-0.15, -0.1) is 0 Å². The zero-order chi connectivity index (χ0) is 14.7. The highest BCUT2D eigenvalue weighted by Gasteiger charge is 2.35. The molecule has 0 spiro atoms. The first kappa shape index (κ1) is 14.6. The van der Waals surface area contributed by atoms with Crippen molar-refractivity contribution < 1.29 is 0 Å². The zero-order valence-electron chi connectivity index (χ0n) is 13.4. The van der Waals surface area contributed by atoms with Crippen LogP contribution in [0, 0.1) is 5.92 Å². The van der Waals surface area contributed by atoms with Crippen molar-refractivity contribution in [2.45, 2.75) is 64.3 Å². The van der Waals surface area contributed by atoms with Crippen LogP contribution < -0.4 is 10.2 Å². The lowest BCUT2D eigenvalue weighted by Crippen LogP contribution is -2.47. The first-order chi connectivity index (χ1) is 10.3. The van der Waals surface area contributed by atoms with Gasteiger partial charge in [-0.3, -0.25) is 0 Å². The van der Waals surface area contributed by atoms with Gasteiger partial charge in [-0.1, -0.05) is 26.2 Å². The molecule has 4 nitrogen and oxygen atoms in total. The van der Waals surface area contributed by atoms with Gasteiger partial charge >= 0.3 is 0 Å². The summed E-state index contributed by atoms with van der Waals surface area (Å²) in [5, 5.41) is 3.25. The fourth-order valence-corrected chi connectivity index (χ4v) is 4.23. The van der Waals surface area contributed by atoms with E-state index in [2.05, 4.69) is 22.1 Å². The molecule has 21 heavy (non-hydrogen) atoms. The molecule has 1 aromatic rings. The summed E-state index contributed by atoms with van der Waals surface area (Å²) in [6.45, 7) is 3.40. The van der Waals surface area contributed by atoms with E-state index in [1.165, 1.54) is 49.9 Å². The fraction of sp³-hybridized carbons (Fsp3) is 0.765. The maximum Gasteiger partial charge on any atom is 0.137 e. The second-order valence-corrected chi connectivity index (χ2v) is 6.47. The Labute approximate surface area is 128 Å². The smallest absolute Gasteiger partial charge is 0.137 e. The highest BCUT2D eigenvalue weighted by atomic mass is 15.2. The average molecular weight is 288 g/mol. The van der Waals surface area contributed by atoms with Crippen LogP contribution in [0.1, 0.15) is 57.4 Å². The monoisotopic (exact) mass is 288 g/mol. The van der Waals surface area contributed by atoms with Gasteiger partial charge in [0, 0.05) is 25.2 Å². The molecule has 116 valence electrons. The van der Waals surface area contributed by atoms with E-state index in [0.29, 0.717) is 6.04 Å². The van der Waals surface area contributed by atoms with Gasteiger partial charge in [0.25, 0.3) is 0 Å². The van der Waals surface area contributed by atoms with Gasteiger partial charge in [0.05, 0.1) is 0 Å². The quantitative estimate of drug-likeness (QED) is 0.918. The summed E-state index contributed by atoms with van der Waals surface area (Å²) < 4.78 is 0. The van der Waals surface area contributed by atoms with Crippen molar-refractivity contribution in [3.63, 3.8) is 0 Å². The maximum absolute atomic E-state index is 4.70. The number of nitrogens with one attached hydrogen (secondary N) is 1. The number of rotatable bonds is 4. The Morgan fingerprint density at radius 1 is 1.19 bits per heavy atom. The van der Waals surface area contributed by atoms with E-state index in [-0.39, 0.29) is 0 Å². The minimum atomic E-state index is 0.711. The standard InChI is InChI=1S/C17H28N4/c1-3-7-14-16(18-2)19-12-20-17(14)21-11-6-9-13-8-4-5-10-15(13)21/h12-13,15H,3-11H2,1-2H3,(H,18,19,20). The minimum absolute atomic E-state index is 0.711. The molecule has 1 N–H and O–H groups in total.